The molecule has 33 heavy (non-hydrogen) atoms. The molecule has 8 heteroatoms. The highest BCUT2D eigenvalue weighted by molar-refractivity contribution is 6.04. The van der Waals surface area contributed by atoms with E-state index in [0.717, 1.165) is 11.4 Å². The molecule has 0 spiro atoms. The summed E-state index contributed by atoms with van der Waals surface area (Å²) in [5.41, 5.74) is 3.15. The lowest BCUT2D eigenvalue weighted by Gasteiger charge is -2.18. The minimum atomic E-state index is -0.261. The number of aromatic nitrogens is 3. The van der Waals surface area contributed by atoms with E-state index in [1.165, 1.54) is 25.5 Å². The number of carbonyl (C=O) groups is 1. The fourth-order valence-corrected chi connectivity index (χ4v) is 3.85. The van der Waals surface area contributed by atoms with Crippen molar-refractivity contribution in [1.82, 2.24) is 15.0 Å². The predicted octanol–water partition coefficient (Wildman–Crippen LogP) is 5.40. The third kappa shape index (κ3) is 4.89. The van der Waals surface area contributed by atoms with Gasteiger partial charge in [-0.05, 0) is 49.4 Å². The van der Waals surface area contributed by atoms with E-state index in [1.54, 1.807) is 24.5 Å². The Kier molecular flexibility index (Phi) is 6.72. The zero-order valence-electron chi connectivity index (χ0n) is 18.9. The van der Waals surface area contributed by atoms with Gasteiger partial charge in [0.15, 0.2) is 17.9 Å². The molecule has 0 saturated carbocycles. The molecule has 0 amide bonds. The Labute approximate surface area is 191 Å². The number of fused-ring (bicyclic) bond motifs is 1. The van der Waals surface area contributed by atoms with E-state index in [2.05, 4.69) is 21.9 Å². The van der Waals surface area contributed by atoms with E-state index in [1.807, 2.05) is 6.92 Å². The van der Waals surface area contributed by atoms with Crippen molar-refractivity contribution in [2.24, 2.45) is 0 Å². The topological polar surface area (TPSA) is 90.2 Å². The second-order valence-corrected chi connectivity index (χ2v) is 7.97. The molecule has 0 saturated heterocycles. The van der Waals surface area contributed by atoms with Crippen molar-refractivity contribution in [2.75, 3.05) is 13.2 Å². The third-order valence-electron chi connectivity index (χ3n) is 5.67. The summed E-state index contributed by atoms with van der Waals surface area (Å²) in [5.74, 6) is 1.25. The van der Waals surface area contributed by atoms with Gasteiger partial charge in [-0.1, -0.05) is 19.1 Å². The number of halogens is 1. The molecule has 1 atom stereocenters. The Morgan fingerprint density at radius 3 is 2.61 bits per heavy atom. The maximum Gasteiger partial charge on any atom is 0.207 e. The summed E-state index contributed by atoms with van der Waals surface area (Å²) in [6.45, 7) is 6.02. The first-order valence-corrected chi connectivity index (χ1v) is 10.9. The van der Waals surface area contributed by atoms with Gasteiger partial charge in [0.2, 0.25) is 11.3 Å². The van der Waals surface area contributed by atoms with E-state index < -0.39 is 0 Å². The number of ether oxygens (including phenoxy) is 2. The first-order valence-electron chi connectivity index (χ1n) is 10.9. The Hall–Kier alpha value is -3.68. The van der Waals surface area contributed by atoms with Crippen molar-refractivity contribution < 1.29 is 23.1 Å². The molecular formula is C25H26FN3O4. The van der Waals surface area contributed by atoms with Gasteiger partial charge in [0.1, 0.15) is 17.2 Å². The molecule has 2 aromatic carbocycles. The van der Waals surface area contributed by atoms with Crippen molar-refractivity contribution in [1.29, 1.82) is 0 Å². The number of nitrogens with one attached hydrogen (secondary N) is 1. The number of Topliss-reactive ketones (excluding diaryl/α,β-unsaturated/α-hetero) is 1. The number of H-pyrrole nitrogens is 1. The van der Waals surface area contributed by atoms with Crippen LogP contribution in [-0.4, -0.2) is 33.9 Å². The van der Waals surface area contributed by atoms with Crippen molar-refractivity contribution >= 4 is 16.9 Å². The molecule has 172 valence electrons. The highest BCUT2D eigenvalue weighted by Gasteiger charge is 2.26. The molecule has 0 radical (unpaired) electrons. The van der Waals surface area contributed by atoms with Gasteiger partial charge >= 0.3 is 0 Å². The quantitative estimate of drug-likeness (QED) is 0.325. The molecule has 2 aromatic heterocycles. The van der Waals surface area contributed by atoms with E-state index in [-0.39, 0.29) is 17.5 Å². The predicted molar refractivity (Wildman–Crippen MR) is 121 cm³/mol. The maximum atomic E-state index is 13.2. The molecule has 2 heterocycles. The van der Waals surface area contributed by atoms with Crippen LogP contribution in [0.5, 0.6) is 11.5 Å². The van der Waals surface area contributed by atoms with Gasteiger partial charge in [-0.2, -0.15) is 0 Å². The lowest BCUT2D eigenvalue weighted by Crippen LogP contribution is -2.11. The standard InChI is InChI=1S/C25H26FN3O4/c1-15(18-4-6-19(26)7-5-18)8-12-32-25-23(31-13-9-20-27-10-11-28-20)21(17(3)30)16(2)22-24(25)33-14-29-22/h4-7,10-11,14-15H,8-9,12-13H2,1-3H3,(H,27,28). The summed E-state index contributed by atoms with van der Waals surface area (Å²) in [5, 5.41) is 0. The van der Waals surface area contributed by atoms with Crippen molar-refractivity contribution in [3.8, 4) is 11.5 Å². The third-order valence-corrected chi connectivity index (χ3v) is 5.67. The number of aromatic amines is 1. The van der Waals surface area contributed by atoms with Crippen LogP contribution in [0, 0.1) is 12.7 Å². The van der Waals surface area contributed by atoms with Gasteiger partial charge in [0.05, 0.1) is 18.8 Å². The highest BCUT2D eigenvalue weighted by Crippen LogP contribution is 2.42. The van der Waals surface area contributed by atoms with Crippen LogP contribution in [0.3, 0.4) is 0 Å². The fourth-order valence-electron chi connectivity index (χ4n) is 3.85. The Morgan fingerprint density at radius 2 is 1.91 bits per heavy atom. The molecule has 1 unspecified atom stereocenters. The van der Waals surface area contributed by atoms with Gasteiger partial charge in [0, 0.05) is 18.8 Å². The SMILES string of the molecule is CC(=O)c1c(OCCc2ncc[nH]2)c(OCCC(C)c2ccc(F)cc2)c2ocnc2c1C. The van der Waals surface area contributed by atoms with Crippen LogP contribution >= 0.6 is 0 Å². The van der Waals surface area contributed by atoms with Crippen LogP contribution < -0.4 is 9.47 Å². The van der Waals surface area contributed by atoms with E-state index in [9.17, 15) is 9.18 Å². The Bertz CT molecular complexity index is 1230. The lowest BCUT2D eigenvalue weighted by atomic mass is 9.98. The Morgan fingerprint density at radius 1 is 1.15 bits per heavy atom. The van der Waals surface area contributed by atoms with E-state index >= 15 is 0 Å². The van der Waals surface area contributed by atoms with Gasteiger partial charge in [0.25, 0.3) is 0 Å². The Balaban J connectivity index is 1.59. The van der Waals surface area contributed by atoms with Crippen LogP contribution in [-0.2, 0) is 6.42 Å². The number of rotatable bonds is 10. The largest absolute Gasteiger partial charge is 0.488 e. The second kappa shape index (κ2) is 9.85. The average Bonchev–Trinajstić information content (AvgIpc) is 3.48. The van der Waals surface area contributed by atoms with Crippen LogP contribution in [0.1, 0.15) is 53.5 Å². The van der Waals surface area contributed by atoms with Crippen molar-refractivity contribution in [3.63, 3.8) is 0 Å². The minimum Gasteiger partial charge on any atom is -0.488 e. The smallest absolute Gasteiger partial charge is 0.207 e. The van der Waals surface area contributed by atoms with Crippen molar-refractivity contribution in [3.05, 3.63) is 71.4 Å². The van der Waals surface area contributed by atoms with Crippen LogP contribution in [0.15, 0.2) is 47.5 Å². The average molecular weight is 451 g/mol. The van der Waals surface area contributed by atoms with E-state index in [0.29, 0.717) is 59.8 Å². The summed E-state index contributed by atoms with van der Waals surface area (Å²) >= 11 is 0. The molecular weight excluding hydrogens is 425 g/mol. The first kappa shape index (κ1) is 22.5. The monoisotopic (exact) mass is 451 g/mol. The van der Waals surface area contributed by atoms with Gasteiger partial charge in [-0.3, -0.25) is 4.79 Å². The fraction of sp³-hybridized carbons (Fsp3) is 0.320. The van der Waals surface area contributed by atoms with Crippen molar-refractivity contribution in [2.45, 2.75) is 39.5 Å². The van der Waals surface area contributed by atoms with Gasteiger partial charge < -0.3 is 18.9 Å². The maximum absolute atomic E-state index is 13.2. The number of ketones is 1. The summed E-state index contributed by atoms with van der Waals surface area (Å²) in [4.78, 5) is 24.1. The molecule has 0 bridgehead atoms. The van der Waals surface area contributed by atoms with E-state index in [4.69, 9.17) is 13.9 Å². The summed E-state index contributed by atoms with van der Waals surface area (Å²) in [6.07, 6.45) is 5.98. The molecule has 4 aromatic rings. The number of nitrogens with zero attached hydrogens (tertiary/aromatic N) is 2. The zero-order chi connectivity index (χ0) is 23.4. The molecule has 4 rings (SSSR count). The number of aryl methyl sites for hydroxylation is 1. The second-order valence-electron chi connectivity index (χ2n) is 7.97. The summed E-state index contributed by atoms with van der Waals surface area (Å²) in [6, 6.07) is 6.46. The molecule has 7 nitrogen and oxygen atoms in total. The molecule has 1 N–H and O–H groups in total. The van der Waals surface area contributed by atoms with Gasteiger partial charge in [-0.25, -0.2) is 14.4 Å². The molecule has 0 aliphatic heterocycles. The highest BCUT2D eigenvalue weighted by atomic mass is 19.1. The van der Waals surface area contributed by atoms with Crippen LogP contribution in [0.2, 0.25) is 0 Å². The molecule has 0 aliphatic rings. The number of oxazole rings is 1. The summed E-state index contributed by atoms with van der Waals surface area (Å²) < 4.78 is 31.1. The zero-order valence-corrected chi connectivity index (χ0v) is 18.9. The minimum absolute atomic E-state index is 0.144. The number of carbonyl (C=O) groups excluding carboxylic acids is 1. The molecule has 0 aliphatic carbocycles. The molecule has 0 fully saturated rings. The normalized spacial score (nSPS) is 12.1. The number of hydrogen-bond donors (Lipinski definition) is 1. The van der Waals surface area contributed by atoms with Gasteiger partial charge in [-0.15, -0.1) is 0 Å². The number of benzene rings is 2. The lowest BCUT2D eigenvalue weighted by molar-refractivity contribution is 0.101. The number of hydrogen-bond acceptors (Lipinski definition) is 6. The number of imidazole rings is 1. The van der Waals surface area contributed by atoms with Crippen LogP contribution in [0.4, 0.5) is 4.39 Å². The first-order chi connectivity index (χ1) is 16.0. The van der Waals surface area contributed by atoms with Crippen LogP contribution in [0.25, 0.3) is 11.1 Å². The summed E-state index contributed by atoms with van der Waals surface area (Å²) in [7, 11) is 0.